The van der Waals surface area contributed by atoms with Crippen LogP contribution in [0.25, 0.3) is 0 Å². The molecule has 0 aliphatic carbocycles. The second-order valence-corrected chi connectivity index (χ2v) is 17.0. The van der Waals surface area contributed by atoms with Gasteiger partial charge < -0.3 is 19.0 Å². The molecule has 2 aromatic rings. The van der Waals surface area contributed by atoms with Crippen molar-refractivity contribution in [2.75, 3.05) is 38.5 Å². The van der Waals surface area contributed by atoms with Crippen molar-refractivity contribution in [2.45, 2.75) is 51.9 Å². The van der Waals surface area contributed by atoms with Crippen molar-refractivity contribution in [1.29, 1.82) is 0 Å². The maximum atomic E-state index is 13.3. The number of thioether (sulfide) groups is 1. The number of fused-ring (bicyclic) bond motifs is 1. The van der Waals surface area contributed by atoms with Crippen molar-refractivity contribution in [3.05, 3.63) is 64.2 Å². The fourth-order valence-electron chi connectivity index (χ4n) is 4.26. The topological polar surface area (TPSA) is 59.1 Å². The van der Waals surface area contributed by atoms with Crippen molar-refractivity contribution >= 4 is 50.8 Å². The Labute approximate surface area is 234 Å². The summed E-state index contributed by atoms with van der Waals surface area (Å²) in [5, 5.41) is 1.06. The molecule has 1 aliphatic heterocycles. The predicted octanol–water partition coefficient (Wildman–Crippen LogP) is 4.38. The van der Waals surface area contributed by atoms with E-state index in [0.717, 1.165) is 33.1 Å². The third-order valence-electron chi connectivity index (χ3n) is 7.61. The summed E-state index contributed by atoms with van der Waals surface area (Å²) in [6.07, 6.45) is 3.98. The summed E-state index contributed by atoms with van der Waals surface area (Å²) in [5.41, 5.74) is 4.39. The zero-order chi connectivity index (χ0) is 28.3. The van der Waals surface area contributed by atoms with E-state index in [1.165, 1.54) is 0 Å². The number of hydrogen-bond acceptors (Lipinski definition) is 6. The second kappa shape index (κ2) is 12.1. The number of carbonyl (C=O) groups excluding carboxylic acids is 2. The Morgan fingerprint density at radius 1 is 1.21 bits per heavy atom. The Kier molecular flexibility index (Phi) is 9.60. The molecule has 0 aromatic heterocycles. The van der Waals surface area contributed by atoms with E-state index < -0.39 is 8.32 Å². The lowest BCUT2D eigenvalue weighted by molar-refractivity contribution is -0.117. The number of ether oxygens (including phenoxy) is 1. The number of methoxy groups -OCH3 is 1. The van der Waals surface area contributed by atoms with Gasteiger partial charge in [-0.3, -0.25) is 9.59 Å². The minimum atomic E-state index is -1.82. The van der Waals surface area contributed by atoms with E-state index in [2.05, 4.69) is 38.8 Å². The van der Waals surface area contributed by atoms with Gasteiger partial charge in [-0.05, 0) is 53.7 Å². The zero-order valence-corrected chi connectivity index (χ0v) is 26.1. The average molecular weight is 553 g/mol. The highest BCUT2D eigenvalue weighted by atomic mass is 32.2. The lowest BCUT2D eigenvalue weighted by atomic mass is 9.88. The van der Waals surface area contributed by atoms with Crippen LogP contribution in [0.5, 0.6) is 5.75 Å². The predicted molar refractivity (Wildman–Crippen MR) is 164 cm³/mol. The van der Waals surface area contributed by atoms with Crippen molar-refractivity contribution in [3.8, 4) is 5.75 Å². The standard InChI is InChI=1S/C29H41BN2O4SSi/c1-29(2,3)38(7,8)36-14-13-31(4)27(37-6)18-25(33)21-15-22-17-26(34)32(28(22)24(30)16-21)19-20-9-11-23(35-5)12-10-20/h9-12,15-16,18H,13-14,17,19,30H2,1-8H3/b27-18-. The van der Waals surface area contributed by atoms with Gasteiger partial charge in [-0.1, -0.05) is 44.4 Å². The molecule has 9 heteroatoms. The van der Waals surface area contributed by atoms with Gasteiger partial charge in [0.15, 0.2) is 14.1 Å². The maximum absolute atomic E-state index is 13.3. The highest BCUT2D eigenvalue weighted by molar-refractivity contribution is 8.02. The smallest absolute Gasteiger partial charge is 0.231 e. The van der Waals surface area contributed by atoms with Crippen molar-refractivity contribution < 1.29 is 18.8 Å². The van der Waals surface area contributed by atoms with Gasteiger partial charge in [0.05, 0.1) is 31.7 Å². The molecule has 1 aliphatic rings. The van der Waals surface area contributed by atoms with Gasteiger partial charge in [-0.2, -0.15) is 0 Å². The molecule has 0 saturated heterocycles. The van der Waals surface area contributed by atoms with E-state index in [4.69, 9.17) is 9.16 Å². The number of ketones is 1. The average Bonchev–Trinajstić information content (AvgIpc) is 3.17. The Bertz CT molecular complexity index is 1210. The first kappa shape index (κ1) is 30.1. The molecule has 0 saturated carbocycles. The minimum absolute atomic E-state index is 0.0466. The minimum Gasteiger partial charge on any atom is -0.497 e. The Balaban J connectivity index is 1.73. The Morgan fingerprint density at radius 3 is 2.45 bits per heavy atom. The number of benzene rings is 2. The first-order valence-corrected chi connectivity index (χ1v) is 17.1. The molecule has 2 aromatic carbocycles. The van der Waals surface area contributed by atoms with Crippen LogP contribution in [0.3, 0.4) is 0 Å². The summed E-state index contributed by atoms with van der Waals surface area (Å²) in [7, 11) is 3.79. The molecule has 0 radical (unpaired) electrons. The monoisotopic (exact) mass is 552 g/mol. The molecule has 1 amide bonds. The molecule has 0 atom stereocenters. The van der Waals surface area contributed by atoms with Crippen LogP contribution >= 0.6 is 11.8 Å². The summed E-state index contributed by atoms with van der Waals surface area (Å²) in [4.78, 5) is 30.1. The van der Waals surface area contributed by atoms with Gasteiger partial charge in [-0.25, -0.2) is 0 Å². The largest absolute Gasteiger partial charge is 0.497 e. The summed E-state index contributed by atoms with van der Waals surface area (Å²) < 4.78 is 11.6. The molecule has 6 nitrogen and oxygen atoms in total. The van der Waals surface area contributed by atoms with Gasteiger partial charge in [0.25, 0.3) is 0 Å². The van der Waals surface area contributed by atoms with Crippen molar-refractivity contribution in [2.24, 2.45) is 0 Å². The van der Waals surface area contributed by atoms with Crippen molar-refractivity contribution in [3.63, 3.8) is 0 Å². The van der Waals surface area contributed by atoms with E-state index in [-0.39, 0.29) is 16.7 Å². The number of allylic oxidation sites excluding steroid dienone is 1. The third-order valence-corrected chi connectivity index (χ3v) is 13.0. The number of nitrogens with zero attached hydrogens (tertiary/aromatic N) is 2. The van der Waals surface area contributed by atoms with Crippen LogP contribution in [0.15, 0.2) is 47.5 Å². The van der Waals surface area contributed by atoms with Gasteiger partial charge >= 0.3 is 0 Å². The zero-order valence-electron chi connectivity index (χ0n) is 24.3. The van der Waals surface area contributed by atoms with E-state index in [1.807, 2.05) is 62.4 Å². The molecule has 38 heavy (non-hydrogen) atoms. The lowest BCUT2D eigenvalue weighted by Gasteiger charge is -2.36. The fourth-order valence-corrected chi connectivity index (χ4v) is 5.93. The quantitative estimate of drug-likeness (QED) is 0.234. The molecule has 0 unspecified atom stereocenters. The van der Waals surface area contributed by atoms with Crippen LogP contribution in [-0.2, 0) is 22.2 Å². The van der Waals surface area contributed by atoms with Crippen LogP contribution in [0, 0.1) is 0 Å². The summed E-state index contributed by atoms with van der Waals surface area (Å²) in [6, 6.07) is 11.5. The summed E-state index contributed by atoms with van der Waals surface area (Å²) in [5.74, 6) is 0.775. The number of rotatable bonds is 11. The van der Waals surface area contributed by atoms with Gasteiger partial charge in [-0.15, -0.1) is 11.8 Å². The first-order chi connectivity index (χ1) is 17.8. The number of anilines is 1. The van der Waals surface area contributed by atoms with Crippen LogP contribution in [-0.4, -0.2) is 66.3 Å². The molecule has 0 N–H and O–H groups in total. The lowest BCUT2D eigenvalue weighted by Crippen LogP contribution is -2.42. The molecule has 0 bridgehead atoms. The number of carbonyl (C=O) groups is 2. The van der Waals surface area contributed by atoms with E-state index >= 15 is 0 Å². The fraction of sp³-hybridized carbons (Fsp3) is 0.448. The first-order valence-electron chi connectivity index (χ1n) is 13.0. The molecular formula is C29H41BN2O4SSi. The molecule has 204 valence electrons. The molecule has 3 rings (SSSR count). The van der Waals surface area contributed by atoms with Gasteiger partial charge in [0.2, 0.25) is 5.91 Å². The number of likely N-dealkylation sites (N-methyl/N-ethyl adjacent to an activating group) is 1. The van der Waals surface area contributed by atoms with Crippen LogP contribution in [0.1, 0.15) is 42.3 Å². The SMILES string of the molecule is Bc1cc(C(=O)/C=C(\SC)N(C)CCO[Si](C)(C)C(C)(C)C)cc2c1N(Cc1ccc(OC)cc1)C(=O)C2. The van der Waals surface area contributed by atoms with E-state index in [9.17, 15) is 9.59 Å². The van der Waals surface area contributed by atoms with Crippen LogP contribution < -0.4 is 15.1 Å². The highest BCUT2D eigenvalue weighted by Crippen LogP contribution is 2.36. The molecule has 0 spiro atoms. The molecule has 0 fully saturated rings. The van der Waals surface area contributed by atoms with Crippen molar-refractivity contribution in [1.82, 2.24) is 4.90 Å². The summed E-state index contributed by atoms with van der Waals surface area (Å²) in [6.45, 7) is 13.0. The Hall–Kier alpha value is -2.49. The molecular weight excluding hydrogens is 511 g/mol. The van der Waals surface area contributed by atoms with Crippen LogP contribution in [0.4, 0.5) is 5.69 Å². The Morgan fingerprint density at radius 2 is 1.87 bits per heavy atom. The van der Waals surface area contributed by atoms with Gasteiger partial charge in [0.1, 0.15) is 13.6 Å². The van der Waals surface area contributed by atoms with E-state index in [1.54, 1.807) is 24.9 Å². The van der Waals surface area contributed by atoms with E-state index in [0.29, 0.717) is 31.7 Å². The summed E-state index contributed by atoms with van der Waals surface area (Å²) >= 11 is 1.55. The van der Waals surface area contributed by atoms with Gasteiger partial charge in [0, 0.05) is 30.9 Å². The molecule has 1 heterocycles. The normalized spacial score (nSPS) is 14.1. The second-order valence-electron chi connectivity index (χ2n) is 11.4. The third kappa shape index (κ3) is 6.93. The maximum Gasteiger partial charge on any atom is 0.231 e. The highest BCUT2D eigenvalue weighted by Gasteiger charge is 2.37. The number of hydrogen-bond donors (Lipinski definition) is 0. The number of amides is 1. The van der Waals surface area contributed by atoms with Crippen LogP contribution in [0.2, 0.25) is 18.1 Å².